The standard InChI is InChI=1S/C16H22N4O2/c1-5-6-8-16(19-20-16)9-7-14(21)17-10-13-12(4)18-15(22-13)11(2)3/h1,11H,6-10H2,2-4H3,(H,17,21). The van der Waals surface area contributed by atoms with Crippen molar-refractivity contribution in [1.82, 2.24) is 10.3 Å². The zero-order valence-corrected chi connectivity index (χ0v) is 13.3. The van der Waals surface area contributed by atoms with Crippen LogP contribution in [0.25, 0.3) is 0 Å². The van der Waals surface area contributed by atoms with Crippen LogP contribution >= 0.6 is 0 Å². The molecule has 0 bridgehead atoms. The average Bonchev–Trinajstić information content (AvgIpc) is 3.16. The highest BCUT2D eigenvalue weighted by atomic mass is 16.4. The summed E-state index contributed by atoms with van der Waals surface area (Å²) in [5.41, 5.74) is 0.415. The Kier molecular flexibility index (Phi) is 4.96. The molecule has 1 aliphatic heterocycles. The lowest BCUT2D eigenvalue weighted by Gasteiger charge is -2.08. The van der Waals surface area contributed by atoms with E-state index in [1.165, 1.54) is 0 Å². The van der Waals surface area contributed by atoms with Crippen LogP contribution in [0.15, 0.2) is 14.6 Å². The van der Waals surface area contributed by atoms with Crippen molar-refractivity contribution in [3.05, 3.63) is 17.3 Å². The third-order valence-electron chi connectivity index (χ3n) is 3.65. The lowest BCUT2D eigenvalue weighted by atomic mass is 10.0. The minimum Gasteiger partial charge on any atom is -0.443 e. The Hall–Kier alpha value is -2.16. The van der Waals surface area contributed by atoms with E-state index in [0.29, 0.717) is 37.5 Å². The van der Waals surface area contributed by atoms with Crippen LogP contribution in [0.3, 0.4) is 0 Å². The van der Waals surface area contributed by atoms with Gasteiger partial charge < -0.3 is 9.73 Å². The van der Waals surface area contributed by atoms with Gasteiger partial charge in [-0.15, -0.1) is 12.3 Å². The molecule has 6 heteroatoms. The molecule has 1 amide bonds. The minimum atomic E-state index is -0.406. The fraction of sp³-hybridized carbons (Fsp3) is 0.625. The lowest BCUT2D eigenvalue weighted by molar-refractivity contribution is -0.121. The molecule has 0 unspecified atom stereocenters. The normalized spacial score (nSPS) is 14.9. The summed E-state index contributed by atoms with van der Waals surface area (Å²) in [4.78, 5) is 16.3. The summed E-state index contributed by atoms with van der Waals surface area (Å²) in [6.45, 7) is 6.28. The number of carbonyl (C=O) groups is 1. The smallest absolute Gasteiger partial charge is 0.220 e. The van der Waals surface area contributed by atoms with Gasteiger partial charge in [0.25, 0.3) is 0 Å². The first kappa shape index (κ1) is 16.2. The quantitative estimate of drug-likeness (QED) is 0.749. The summed E-state index contributed by atoms with van der Waals surface area (Å²) in [6.07, 6.45) is 7.57. The molecule has 0 spiro atoms. The molecule has 118 valence electrons. The highest BCUT2D eigenvalue weighted by molar-refractivity contribution is 5.75. The van der Waals surface area contributed by atoms with Crippen LogP contribution < -0.4 is 5.32 Å². The number of aryl methyl sites for hydroxylation is 1. The van der Waals surface area contributed by atoms with E-state index in [1.54, 1.807) is 0 Å². The number of hydrogen-bond donors (Lipinski definition) is 1. The zero-order valence-electron chi connectivity index (χ0n) is 13.3. The number of nitrogens with zero attached hydrogens (tertiary/aromatic N) is 3. The predicted octanol–water partition coefficient (Wildman–Crippen LogP) is 3.08. The molecule has 1 aromatic heterocycles. The molecule has 0 aliphatic carbocycles. The van der Waals surface area contributed by atoms with E-state index in [0.717, 1.165) is 12.1 Å². The first-order valence-electron chi connectivity index (χ1n) is 7.56. The maximum atomic E-state index is 11.9. The average molecular weight is 302 g/mol. The molecular formula is C16H22N4O2. The van der Waals surface area contributed by atoms with Gasteiger partial charge in [-0.1, -0.05) is 13.8 Å². The Labute approximate surface area is 130 Å². The number of nitrogens with one attached hydrogen (secondary N) is 1. The largest absolute Gasteiger partial charge is 0.443 e. The second kappa shape index (κ2) is 6.73. The third-order valence-corrected chi connectivity index (χ3v) is 3.65. The van der Waals surface area contributed by atoms with Crippen molar-refractivity contribution in [3.8, 4) is 12.3 Å². The van der Waals surface area contributed by atoms with Gasteiger partial charge in [0.2, 0.25) is 5.91 Å². The number of oxazole rings is 1. The fourth-order valence-corrected chi connectivity index (χ4v) is 2.11. The molecule has 0 radical (unpaired) electrons. The van der Waals surface area contributed by atoms with E-state index in [-0.39, 0.29) is 11.8 Å². The van der Waals surface area contributed by atoms with Gasteiger partial charge in [0, 0.05) is 31.6 Å². The second-order valence-corrected chi connectivity index (χ2v) is 5.88. The second-order valence-electron chi connectivity index (χ2n) is 5.88. The Bertz CT molecular complexity index is 604. The van der Waals surface area contributed by atoms with Crippen LogP contribution in [-0.2, 0) is 11.3 Å². The van der Waals surface area contributed by atoms with Crippen LogP contribution in [0.2, 0.25) is 0 Å². The number of amides is 1. The Balaban J connectivity index is 1.75. The van der Waals surface area contributed by atoms with Crippen molar-refractivity contribution in [3.63, 3.8) is 0 Å². The van der Waals surface area contributed by atoms with Gasteiger partial charge in [0.15, 0.2) is 11.6 Å². The van der Waals surface area contributed by atoms with E-state index >= 15 is 0 Å². The van der Waals surface area contributed by atoms with Crippen molar-refractivity contribution in [1.29, 1.82) is 0 Å². The molecular weight excluding hydrogens is 280 g/mol. The van der Waals surface area contributed by atoms with E-state index in [2.05, 4.69) is 26.4 Å². The molecule has 0 fully saturated rings. The summed E-state index contributed by atoms with van der Waals surface area (Å²) in [6, 6.07) is 0. The minimum absolute atomic E-state index is 0.0423. The summed E-state index contributed by atoms with van der Waals surface area (Å²) in [7, 11) is 0. The van der Waals surface area contributed by atoms with Gasteiger partial charge in [-0.05, 0) is 6.92 Å². The topological polar surface area (TPSA) is 79.9 Å². The number of hydrogen-bond acceptors (Lipinski definition) is 5. The summed E-state index contributed by atoms with van der Waals surface area (Å²) >= 11 is 0. The summed E-state index contributed by atoms with van der Waals surface area (Å²) in [5, 5.41) is 10.9. The number of terminal acetylenes is 1. The molecule has 1 aromatic rings. The van der Waals surface area contributed by atoms with Crippen molar-refractivity contribution in [2.75, 3.05) is 0 Å². The maximum Gasteiger partial charge on any atom is 0.220 e. The van der Waals surface area contributed by atoms with Crippen LogP contribution in [0, 0.1) is 19.3 Å². The van der Waals surface area contributed by atoms with Gasteiger partial charge in [-0.25, -0.2) is 4.98 Å². The van der Waals surface area contributed by atoms with Crippen molar-refractivity contribution >= 4 is 5.91 Å². The first-order valence-corrected chi connectivity index (χ1v) is 7.56. The van der Waals surface area contributed by atoms with E-state index < -0.39 is 5.66 Å². The molecule has 1 N–H and O–H groups in total. The van der Waals surface area contributed by atoms with Gasteiger partial charge in [0.05, 0.1) is 12.2 Å². The summed E-state index contributed by atoms with van der Waals surface area (Å²) in [5.74, 6) is 4.17. The van der Waals surface area contributed by atoms with Gasteiger partial charge >= 0.3 is 0 Å². The monoisotopic (exact) mass is 302 g/mol. The molecule has 22 heavy (non-hydrogen) atoms. The fourth-order valence-electron chi connectivity index (χ4n) is 2.11. The Morgan fingerprint density at radius 3 is 2.68 bits per heavy atom. The van der Waals surface area contributed by atoms with Gasteiger partial charge in [-0.2, -0.15) is 10.2 Å². The Morgan fingerprint density at radius 2 is 2.14 bits per heavy atom. The van der Waals surface area contributed by atoms with E-state index in [9.17, 15) is 4.79 Å². The predicted molar refractivity (Wildman–Crippen MR) is 82.1 cm³/mol. The molecule has 6 nitrogen and oxygen atoms in total. The molecule has 0 saturated heterocycles. The number of carbonyl (C=O) groups excluding carboxylic acids is 1. The number of rotatable bonds is 8. The molecule has 0 atom stereocenters. The maximum absolute atomic E-state index is 11.9. The molecule has 2 rings (SSSR count). The third kappa shape index (κ3) is 4.17. The highest BCUT2D eigenvalue weighted by Crippen LogP contribution is 2.37. The van der Waals surface area contributed by atoms with Crippen LogP contribution in [0.4, 0.5) is 0 Å². The van der Waals surface area contributed by atoms with Crippen LogP contribution in [-0.4, -0.2) is 16.6 Å². The Morgan fingerprint density at radius 1 is 1.41 bits per heavy atom. The van der Waals surface area contributed by atoms with Gasteiger partial charge in [0.1, 0.15) is 5.76 Å². The van der Waals surface area contributed by atoms with E-state index in [4.69, 9.17) is 10.8 Å². The highest BCUT2D eigenvalue weighted by Gasteiger charge is 2.39. The van der Waals surface area contributed by atoms with Crippen molar-refractivity contribution in [2.24, 2.45) is 10.2 Å². The van der Waals surface area contributed by atoms with Crippen LogP contribution in [0.1, 0.15) is 62.8 Å². The summed E-state index contributed by atoms with van der Waals surface area (Å²) < 4.78 is 5.65. The molecule has 0 aromatic carbocycles. The zero-order chi connectivity index (χ0) is 16.2. The van der Waals surface area contributed by atoms with Crippen LogP contribution in [0.5, 0.6) is 0 Å². The first-order chi connectivity index (χ1) is 10.5. The molecule has 0 saturated carbocycles. The molecule has 2 heterocycles. The van der Waals surface area contributed by atoms with Crippen molar-refractivity contribution in [2.45, 2.75) is 64.6 Å². The molecule has 1 aliphatic rings. The van der Waals surface area contributed by atoms with Gasteiger partial charge in [-0.3, -0.25) is 4.79 Å². The van der Waals surface area contributed by atoms with Crippen molar-refractivity contribution < 1.29 is 9.21 Å². The van der Waals surface area contributed by atoms with E-state index in [1.807, 2.05) is 20.8 Å². The lowest BCUT2D eigenvalue weighted by Crippen LogP contribution is -2.25. The number of aromatic nitrogens is 1. The SMILES string of the molecule is C#CCCC1(CCC(=O)NCc2oc(C(C)C)nc2C)N=N1.